The Bertz CT molecular complexity index is 2820. The zero-order valence-electron chi connectivity index (χ0n) is 33.1. The van der Waals surface area contributed by atoms with E-state index >= 15 is 0 Å². The van der Waals surface area contributed by atoms with Crippen LogP contribution in [-0.4, -0.2) is 15.0 Å². The largest absolute Gasteiger partial charge is 0.256 e. The summed E-state index contributed by atoms with van der Waals surface area (Å²) < 4.78 is 0. The highest BCUT2D eigenvalue weighted by Gasteiger charge is 2.17. The summed E-state index contributed by atoms with van der Waals surface area (Å²) in [6.45, 7) is 7.98. The number of allylic oxidation sites excluding steroid dienone is 4. The summed E-state index contributed by atoms with van der Waals surface area (Å²) in [6, 6.07) is 66.4. The first-order valence-corrected chi connectivity index (χ1v) is 20.0. The molecule has 0 fully saturated rings. The molecule has 0 atom stereocenters. The molecule has 3 heteroatoms. The zero-order valence-corrected chi connectivity index (χ0v) is 33.1. The summed E-state index contributed by atoms with van der Waals surface area (Å²) in [5, 5.41) is 0. The van der Waals surface area contributed by atoms with Crippen molar-refractivity contribution >= 4 is 5.57 Å². The molecule has 0 aliphatic heterocycles. The van der Waals surface area contributed by atoms with Gasteiger partial charge in [-0.2, -0.15) is 0 Å². The Kier molecular flexibility index (Phi) is 10.8. The number of benzene rings is 6. The molecule has 9 aromatic rings. The quantitative estimate of drug-likeness (QED) is 0.123. The lowest BCUT2D eigenvalue weighted by atomic mass is 9.86. The second-order valence-corrected chi connectivity index (χ2v) is 14.6. The molecule has 0 aliphatic rings. The van der Waals surface area contributed by atoms with Crippen LogP contribution in [0.3, 0.4) is 0 Å². The lowest BCUT2D eigenvalue weighted by Gasteiger charge is -2.18. The van der Waals surface area contributed by atoms with Crippen molar-refractivity contribution in [2.24, 2.45) is 0 Å². The molecule has 284 valence electrons. The number of rotatable bonds is 11. The smallest absolute Gasteiger partial charge is 0.0702 e. The SMILES string of the molecule is C=C/C=C\C(=C)c1ccc(-c2ccccc2-c2cc(-c3ccccc3-c3ccc(-c4ccccn4)cc3)cc(-c3ccccc3-c3ccc(-c4ccccc4)nc3)c2)cn1. The molecule has 0 saturated heterocycles. The topological polar surface area (TPSA) is 38.7 Å². The van der Waals surface area contributed by atoms with Gasteiger partial charge in [0.15, 0.2) is 0 Å². The van der Waals surface area contributed by atoms with E-state index in [2.05, 4.69) is 164 Å². The minimum Gasteiger partial charge on any atom is -0.256 e. The average molecular weight is 768 g/mol. The second-order valence-electron chi connectivity index (χ2n) is 14.6. The van der Waals surface area contributed by atoms with Gasteiger partial charge < -0.3 is 0 Å². The third kappa shape index (κ3) is 7.93. The zero-order chi connectivity index (χ0) is 40.7. The predicted octanol–water partition coefficient (Wildman–Crippen LogP) is 15.0. The van der Waals surface area contributed by atoms with Crippen LogP contribution in [0, 0.1) is 0 Å². The Labute approximate surface area is 352 Å². The van der Waals surface area contributed by atoms with Crippen molar-refractivity contribution < 1.29 is 0 Å². The highest BCUT2D eigenvalue weighted by atomic mass is 14.7. The van der Waals surface area contributed by atoms with E-state index in [1.165, 1.54) is 0 Å². The monoisotopic (exact) mass is 767 g/mol. The summed E-state index contributed by atoms with van der Waals surface area (Å²) in [6.07, 6.45) is 11.3. The van der Waals surface area contributed by atoms with Crippen LogP contribution in [-0.2, 0) is 0 Å². The van der Waals surface area contributed by atoms with E-state index in [4.69, 9.17) is 9.97 Å². The van der Waals surface area contributed by atoms with Gasteiger partial charge in [-0.1, -0.05) is 177 Å². The fraction of sp³-hybridized carbons (Fsp3) is 0. The molecule has 0 N–H and O–H groups in total. The molecule has 6 aromatic carbocycles. The van der Waals surface area contributed by atoms with Crippen LogP contribution >= 0.6 is 0 Å². The molecule has 0 spiro atoms. The standard InChI is InChI=1S/C57H41N3/c1-3-4-16-40(2)55-32-30-44(38-59-55)50-20-9-12-23-53(50)47-35-46(52-22-11-8-19-49(52)41-26-28-43(29-27-41)56-25-14-15-34-58-56)36-48(37-47)54-24-13-10-21-51(54)45-31-33-57(60-39-45)42-17-6-5-7-18-42/h3-39H,1-2H2/b16-4-. The summed E-state index contributed by atoms with van der Waals surface area (Å²) in [7, 11) is 0. The summed E-state index contributed by atoms with van der Waals surface area (Å²) in [4.78, 5) is 14.3. The normalized spacial score (nSPS) is 11.1. The van der Waals surface area contributed by atoms with E-state index in [-0.39, 0.29) is 0 Å². The minimum atomic E-state index is 0.825. The van der Waals surface area contributed by atoms with Crippen LogP contribution in [0.15, 0.2) is 238 Å². The van der Waals surface area contributed by atoms with Crippen molar-refractivity contribution in [3.05, 3.63) is 244 Å². The number of nitrogens with zero attached hydrogens (tertiary/aromatic N) is 3. The molecule has 0 unspecified atom stereocenters. The average Bonchev–Trinajstić information content (AvgIpc) is 3.34. The lowest BCUT2D eigenvalue weighted by Crippen LogP contribution is -1.93. The van der Waals surface area contributed by atoms with Gasteiger partial charge in [-0.05, 0) is 104 Å². The van der Waals surface area contributed by atoms with E-state index in [0.717, 1.165) is 101 Å². The first-order chi connectivity index (χ1) is 29.6. The molecular formula is C57H41N3. The molecule has 60 heavy (non-hydrogen) atoms. The van der Waals surface area contributed by atoms with Crippen molar-refractivity contribution in [3.63, 3.8) is 0 Å². The van der Waals surface area contributed by atoms with Crippen LogP contribution in [0.4, 0.5) is 0 Å². The second kappa shape index (κ2) is 17.2. The Hall–Kier alpha value is -8.01. The van der Waals surface area contributed by atoms with E-state index in [1.54, 1.807) is 6.08 Å². The maximum atomic E-state index is 4.91. The molecule has 0 radical (unpaired) electrons. The third-order valence-electron chi connectivity index (χ3n) is 10.8. The molecule has 0 aliphatic carbocycles. The molecule has 9 rings (SSSR count). The van der Waals surface area contributed by atoms with Gasteiger partial charge in [0.05, 0.1) is 17.1 Å². The maximum Gasteiger partial charge on any atom is 0.0702 e. The van der Waals surface area contributed by atoms with Crippen molar-refractivity contribution in [2.45, 2.75) is 0 Å². The summed E-state index contributed by atoms with van der Waals surface area (Å²) in [5.41, 5.74) is 19.0. The Balaban J connectivity index is 1.19. The van der Waals surface area contributed by atoms with Crippen molar-refractivity contribution in [1.82, 2.24) is 15.0 Å². The first kappa shape index (κ1) is 37.6. The van der Waals surface area contributed by atoms with Crippen LogP contribution in [0.2, 0.25) is 0 Å². The highest BCUT2D eigenvalue weighted by Crippen LogP contribution is 2.42. The first-order valence-electron chi connectivity index (χ1n) is 20.0. The van der Waals surface area contributed by atoms with Gasteiger partial charge in [0, 0.05) is 40.8 Å². The lowest BCUT2D eigenvalue weighted by molar-refractivity contribution is 1.28. The number of pyridine rings is 3. The van der Waals surface area contributed by atoms with E-state index in [1.807, 2.05) is 73.2 Å². The molecule has 0 amide bonds. The van der Waals surface area contributed by atoms with Crippen LogP contribution < -0.4 is 0 Å². The molecule has 3 heterocycles. The summed E-state index contributed by atoms with van der Waals surface area (Å²) >= 11 is 0. The van der Waals surface area contributed by atoms with Gasteiger partial charge >= 0.3 is 0 Å². The third-order valence-corrected chi connectivity index (χ3v) is 10.8. The Morgan fingerprint density at radius 2 is 0.800 bits per heavy atom. The fourth-order valence-electron chi connectivity index (χ4n) is 7.75. The molecular weight excluding hydrogens is 727 g/mol. The number of hydrogen-bond donors (Lipinski definition) is 0. The van der Waals surface area contributed by atoms with Gasteiger partial charge in [0.25, 0.3) is 0 Å². The van der Waals surface area contributed by atoms with Crippen LogP contribution in [0.5, 0.6) is 0 Å². The van der Waals surface area contributed by atoms with E-state index < -0.39 is 0 Å². The van der Waals surface area contributed by atoms with Gasteiger partial charge in [-0.15, -0.1) is 0 Å². The molecule has 3 nitrogen and oxygen atoms in total. The highest BCUT2D eigenvalue weighted by molar-refractivity contribution is 5.94. The van der Waals surface area contributed by atoms with Crippen molar-refractivity contribution in [1.29, 1.82) is 0 Å². The number of aromatic nitrogens is 3. The van der Waals surface area contributed by atoms with Crippen molar-refractivity contribution in [2.75, 3.05) is 0 Å². The van der Waals surface area contributed by atoms with Crippen LogP contribution in [0.25, 0.3) is 94.8 Å². The minimum absolute atomic E-state index is 0.825. The van der Waals surface area contributed by atoms with E-state index in [9.17, 15) is 0 Å². The van der Waals surface area contributed by atoms with Crippen molar-refractivity contribution in [3.8, 4) is 89.3 Å². The molecule has 3 aromatic heterocycles. The van der Waals surface area contributed by atoms with Gasteiger partial charge in [-0.3, -0.25) is 15.0 Å². The van der Waals surface area contributed by atoms with Crippen LogP contribution in [0.1, 0.15) is 5.69 Å². The maximum absolute atomic E-state index is 4.91. The van der Waals surface area contributed by atoms with Gasteiger partial charge in [0.1, 0.15) is 0 Å². The molecule has 0 saturated carbocycles. The fourth-order valence-corrected chi connectivity index (χ4v) is 7.75. The van der Waals surface area contributed by atoms with Gasteiger partial charge in [-0.25, -0.2) is 0 Å². The predicted molar refractivity (Wildman–Crippen MR) is 252 cm³/mol. The number of hydrogen-bond acceptors (Lipinski definition) is 3. The van der Waals surface area contributed by atoms with E-state index in [0.29, 0.717) is 0 Å². The Morgan fingerprint density at radius 3 is 1.28 bits per heavy atom. The van der Waals surface area contributed by atoms with Gasteiger partial charge in [0.2, 0.25) is 0 Å². The molecule has 0 bridgehead atoms. The summed E-state index contributed by atoms with van der Waals surface area (Å²) in [5.74, 6) is 0. The Morgan fingerprint density at radius 1 is 0.367 bits per heavy atom.